The molecule has 1 aliphatic heterocycles. The highest BCUT2D eigenvalue weighted by molar-refractivity contribution is 5.99. The van der Waals surface area contributed by atoms with Crippen molar-refractivity contribution in [2.75, 3.05) is 36.6 Å². The van der Waals surface area contributed by atoms with E-state index in [9.17, 15) is 13.2 Å². The van der Waals surface area contributed by atoms with Crippen molar-refractivity contribution in [2.45, 2.75) is 6.18 Å². The Morgan fingerprint density at radius 3 is 2.24 bits per heavy atom. The summed E-state index contributed by atoms with van der Waals surface area (Å²) in [6, 6.07) is 13.8. The zero-order valence-electron chi connectivity index (χ0n) is 17.4. The Kier molecular flexibility index (Phi) is 6.89. The number of morpholine rings is 1. The van der Waals surface area contributed by atoms with Gasteiger partial charge in [0.25, 0.3) is 5.95 Å². The van der Waals surface area contributed by atoms with Crippen LogP contribution in [0.2, 0.25) is 0 Å². The number of anilines is 2. The number of aromatic nitrogens is 2. The highest BCUT2D eigenvalue weighted by Gasteiger charge is 2.30. The highest BCUT2D eigenvalue weighted by Crippen LogP contribution is 2.29. The minimum Gasteiger partial charge on any atom is -0.378 e. The van der Waals surface area contributed by atoms with Crippen molar-refractivity contribution in [2.24, 2.45) is 15.3 Å². The molecule has 1 fully saturated rings. The first-order valence-corrected chi connectivity index (χ1v) is 10.1. The lowest BCUT2D eigenvalue weighted by atomic mass is 10.1. The molecular weight excluding hydrogens is 435 g/mol. The van der Waals surface area contributed by atoms with Gasteiger partial charge in [-0.2, -0.15) is 18.3 Å². The van der Waals surface area contributed by atoms with Gasteiger partial charge in [0.2, 0.25) is 5.84 Å². The smallest absolute Gasteiger partial charge is 0.378 e. The Bertz CT molecular complexity index is 1100. The average Bonchev–Trinajstić information content (AvgIpc) is 2.85. The third kappa shape index (κ3) is 6.10. The average molecular weight is 455 g/mol. The van der Waals surface area contributed by atoms with Gasteiger partial charge >= 0.3 is 6.18 Å². The Morgan fingerprint density at radius 1 is 0.939 bits per heavy atom. The van der Waals surface area contributed by atoms with Gasteiger partial charge in [-0.25, -0.2) is 9.97 Å². The molecule has 0 bridgehead atoms. The second-order valence-electron chi connectivity index (χ2n) is 7.02. The number of ether oxygens (including phenoxy) is 1. The molecule has 1 saturated heterocycles. The Morgan fingerprint density at radius 2 is 1.61 bits per heavy atom. The Balaban J connectivity index is 1.55. The second kappa shape index (κ2) is 10.2. The number of hydrazone groups is 1. The van der Waals surface area contributed by atoms with Crippen LogP contribution in [0.1, 0.15) is 11.1 Å². The van der Waals surface area contributed by atoms with Crippen LogP contribution in [-0.2, 0) is 10.9 Å². The van der Waals surface area contributed by atoms with Crippen LogP contribution < -0.4 is 10.3 Å². The molecule has 0 aliphatic carbocycles. The molecule has 1 aromatic heterocycles. The zero-order valence-corrected chi connectivity index (χ0v) is 17.4. The van der Waals surface area contributed by atoms with Crippen molar-refractivity contribution < 1.29 is 17.9 Å². The molecule has 1 N–H and O–H groups in total. The summed E-state index contributed by atoms with van der Waals surface area (Å²) in [4.78, 5) is 10.1. The first kappa shape index (κ1) is 22.3. The summed E-state index contributed by atoms with van der Waals surface area (Å²) in [7, 11) is 0. The van der Waals surface area contributed by atoms with Crippen LogP contribution in [0.5, 0.6) is 0 Å². The zero-order chi connectivity index (χ0) is 23.1. The van der Waals surface area contributed by atoms with E-state index in [1.54, 1.807) is 6.07 Å². The molecule has 170 valence electrons. The summed E-state index contributed by atoms with van der Waals surface area (Å²) in [5, 5.41) is 12.2. The number of hydrogen-bond donors (Lipinski definition) is 1. The van der Waals surface area contributed by atoms with Gasteiger partial charge < -0.3 is 9.64 Å². The van der Waals surface area contributed by atoms with Gasteiger partial charge in [-0.3, -0.25) is 5.43 Å². The van der Waals surface area contributed by atoms with Gasteiger partial charge in [0.1, 0.15) is 0 Å². The minimum absolute atomic E-state index is 0.0773. The van der Waals surface area contributed by atoms with Gasteiger partial charge in [-0.15, -0.1) is 10.2 Å². The standard InChI is InChI=1S/C22H20F3N7O/c23-22(24,25)17-4-2-16(3-5-17)20(30-31-21-26-10-1-11-27-21)29-28-18-6-8-19(9-7-18)32-12-14-33-15-13-32/h1-11,28H,12-15H2/b29-20-,31-30?. The van der Waals surface area contributed by atoms with Gasteiger partial charge in [0.05, 0.1) is 24.5 Å². The fourth-order valence-electron chi connectivity index (χ4n) is 3.07. The Hall–Kier alpha value is -3.86. The number of nitrogens with one attached hydrogen (secondary N) is 1. The summed E-state index contributed by atoms with van der Waals surface area (Å²) in [6.07, 6.45) is -1.43. The molecule has 4 rings (SSSR count). The number of amidine groups is 1. The predicted molar refractivity (Wildman–Crippen MR) is 118 cm³/mol. The van der Waals surface area contributed by atoms with E-state index in [1.807, 2.05) is 24.3 Å². The number of benzene rings is 2. The second-order valence-corrected chi connectivity index (χ2v) is 7.02. The molecule has 0 unspecified atom stereocenters. The first-order valence-electron chi connectivity index (χ1n) is 10.1. The van der Waals surface area contributed by atoms with Crippen LogP contribution in [-0.4, -0.2) is 42.1 Å². The van der Waals surface area contributed by atoms with E-state index in [4.69, 9.17) is 4.74 Å². The lowest BCUT2D eigenvalue weighted by molar-refractivity contribution is -0.137. The third-order valence-electron chi connectivity index (χ3n) is 4.79. The topological polar surface area (TPSA) is 87.4 Å². The molecule has 3 aromatic rings. The van der Waals surface area contributed by atoms with Crippen LogP contribution in [0.15, 0.2) is 82.3 Å². The summed E-state index contributed by atoms with van der Waals surface area (Å²) in [6.45, 7) is 3.03. The van der Waals surface area contributed by atoms with Gasteiger partial charge in [0.15, 0.2) is 0 Å². The third-order valence-corrected chi connectivity index (χ3v) is 4.79. The normalized spacial score (nSPS) is 15.1. The number of nitrogens with zero attached hydrogens (tertiary/aromatic N) is 6. The van der Waals surface area contributed by atoms with E-state index < -0.39 is 11.7 Å². The summed E-state index contributed by atoms with van der Waals surface area (Å²) in [5.41, 5.74) is 4.22. The van der Waals surface area contributed by atoms with E-state index in [-0.39, 0.29) is 11.8 Å². The van der Waals surface area contributed by atoms with Crippen LogP contribution in [0, 0.1) is 0 Å². The molecule has 0 atom stereocenters. The number of hydrogen-bond acceptors (Lipinski definition) is 7. The summed E-state index contributed by atoms with van der Waals surface area (Å²) < 4.78 is 44.1. The van der Waals surface area contributed by atoms with E-state index >= 15 is 0 Å². The largest absolute Gasteiger partial charge is 0.416 e. The van der Waals surface area contributed by atoms with E-state index in [2.05, 4.69) is 35.6 Å². The minimum atomic E-state index is -4.43. The molecule has 11 heteroatoms. The van der Waals surface area contributed by atoms with E-state index in [0.717, 1.165) is 30.9 Å². The predicted octanol–water partition coefficient (Wildman–Crippen LogP) is 4.89. The van der Waals surface area contributed by atoms with Crippen molar-refractivity contribution in [1.29, 1.82) is 0 Å². The maximum Gasteiger partial charge on any atom is 0.416 e. The molecule has 0 saturated carbocycles. The van der Waals surface area contributed by atoms with E-state index in [1.165, 1.54) is 24.5 Å². The molecule has 0 radical (unpaired) electrons. The lowest BCUT2D eigenvalue weighted by Gasteiger charge is -2.28. The van der Waals surface area contributed by atoms with Crippen molar-refractivity contribution in [3.05, 3.63) is 78.1 Å². The number of rotatable bonds is 5. The molecule has 2 aromatic carbocycles. The van der Waals surface area contributed by atoms with Gasteiger partial charge in [-0.1, -0.05) is 12.1 Å². The van der Waals surface area contributed by atoms with Crippen molar-refractivity contribution in [1.82, 2.24) is 9.97 Å². The fourth-order valence-corrected chi connectivity index (χ4v) is 3.07. The Labute approximate surface area is 187 Å². The fraction of sp³-hybridized carbons (Fsp3) is 0.227. The van der Waals surface area contributed by atoms with Gasteiger partial charge in [0, 0.05) is 36.7 Å². The monoisotopic (exact) mass is 455 g/mol. The SMILES string of the molecule is FC(F)(F)c1ccc(/C(N=Nc2ncccn2)=N/Nc2ccc(N3CCOCC3)cc2)cc1. The van der Waals surface area contributed by atoms with Crippen LogP contribution >= 0.6 is 0 Å². The number of alkyl halides is 3. The maximum absolute atomic E-state index is 12.9. The van der Waals surface area contributed by atoms with Crippen LogP contribution in [0.3, 0.4) is 0 Å². The molecular formula is C22H20F3N7O. The first-order chi connectivity index (χ1) is 16.0. The highest BCUT2D eigenvalue weighted by atomic mass is 19.4. The molecule has 33 heavy (non-hydrogen) atoms. The van der Waals surface area contributed by atoms with Crippen LogP contribution in [0.25, 0.3) is 0 Å². The van der Waals surface area contributed by atoms with E-state index in [0.29, 0.717) is 24.5 Å². The molecule has 8 nitrogen and oxygen atoms in total. The summed E-state index contributed by atoms with van der Waals surface area (Å²) >= 11 is 0. The van der Waals surface area contributed by atoms with Gasteiger partial charge in [-0.05, 0) is 42.5 Å². The number of halogens is 3. The van der Waals surface area contributed by atoms with Crippen molar-refractivity contribution in [3.8, 4) is 0 Å². The number of azo groups is 1. The quantitative estimate of drug-likeness (QED) is 0.256. The van der Waals surface area contributed by atoms with Crippen molar-refractivity contribution in [3.63, 3.8) is 0 Å². The lowest BCUT2D eigenvalue weighted by Crippen LogP contribution is -2.36. The maximum atomic E-state index is 12.9. The molecule has 0 spiro atoms. The van der Waals surface area contributed by atoms with Crippen molar-refractivity contribution >= 4 is 23.2 Å². The molecule has 0 amide bonds. The molecule has 2 heterocycles. The summed E-state index contributed by atoms with van der Waals surface area (Å²) in [5.74, 6) is 0.181. The van der Waals surface area contributed by atoms with Crippen LogP contribution in [0.4, 0.5) is 30.5 Å². The molecule has 1 aliphatic rings.